The number of methoxy groups -OCH3 is 1. The molecule has 2 aromatic carbocycles. The minimum absolute atomic E-state index is 0.163. The first-order valence-corrected chi connectivity index (χ1v) is 7.24. The predicted molar refractivity (Wildman–Crippen MR) is 84.1 cm³/mol. The lowest BCUT2D eigenvalue weighted by Gasteiger charge is -2.15. The van der Waals surface area contributed by atoms with Crippen molar-refractivity contribution in [1.29, 1.82) is 0 Å². The molecule has 0 aromatic heterocycles. The Balaban J connectivity index is 2.01. The van der Waals surface area contributed by atoms with Crippen molar-refractivity contribution in [1.82, 2.24) is 5.32 Å². The summed E-state index contributed by atoms with van der Waals surface area (Å²) >= 11 is 3.48. The van der Waals surface area contributed by atoms with Crippen LogP contribution in [-0.4, -0.2) is 12.2 Å². The van der Waals surface area contributed by atoms with Crippen LogP contribution in [0.1, 0.15) is 24.1 Å². The summed E-state index contributed by atoms with van der Waals surface area (Å²) in [6, 6.07) is 13.9. The van der Waals surface area contributed by atoms with Gasteiger partial charge in [0.1, 0.15) is 0 Å². The summed E-state index contributed by atoms with van der Waals surface area (Å²) in [5, 5.41) is 13.0. The summed E-state index contributed by atoms with van der Waals surface area (Å²) < 4.78 is 6.19. The van der Waals surface area contributed by atoms with E-state index in [-0.39, 0.29) is 11.8 Å². The van der Waals surface area contributed by atoms with Crippen molar-refractivity contribution in [3.8, 4) is 11.5 Å². The number of phenolic OH excluding ortho intramolecular Hbond substituents is 1. The molecule has 3 nitrogen and oxygen atoms in total. The molecule has 2 rings (SSSR count). The van der Waals surface area contributed by atoms with E-state index in [0.29, 0.717) is 12.3 Å². The number of halogens is 1. The second kappa shape index (κ2) is 6.77. The van der Waals surface area contributed by atoms with Crippen LogP contribution in [0.4, 0.5) is 0 Å². The number of hydrogen-bond acceptors (Lipinski definition) is 3. The summed E-state index contributed by atoms with van der Waals surface area (Å²) in [7, 11) is 1.55. The molecule has 0 amide bonds. The van der Waals surface area contributed by atoms with E-state index < -0.39 is 0 Å². The van der Waals surface area contributed by atoms with Gasteiger partial charge in [-0.2, -0.15) is 0 Å². The third-order valence-corrected chi connectivity index (χ3v) is 3.70. The highest BCUT2D eigenvalue weighted by atomic mass is 79.9. The van der Waals surface area contributed by atoms with Gasteiger partial charge in [-0.05, 0) is 42.3 Å². The number of nitrogens with one attached hydrogen (secondary N) is 1. The Morgan fingerprint density at radius 2 is 2.05 bits per heavy atom. The number of benzene rings is 2. The monoisotopic (exact) mass is 335 g/mol. The maximum atomic E-state index is 9.57. The molecule has 0 aliphatic heterocycles. The van der Waals surface area contributed by atoms with Crippen LogP contribution in [0.2, 0.25) is 0 Å². The Bertz CT molecular complexity index is 586. The van der Waals surface area contributed by atoms with Gasteiger partial charge in [-0.15, -0.1) is 0 Å². The normalized spacial score (nSPS) is 12.2. The molecule has 0 saturated carbocycles. The van der Waals surface area contributed by atoms with E-state index in [9.17, 15) is 5.11 Å². The SMILES string of the molecule is COc1cc(CNC(C)c2cccc(Br)c2)ccc1O. The van der Waals surface area contributed by atoms with E-state index in [1.165, 1.54) is 5.56 Å². The van der Waals surface area contributed by atoms with Gasteiger partial charge in [-0.25, -0.2) is 0 Å². The van der Waals surface area contributed by atoms with Gasteiger partial charge >= 0.3 is 0 Å². The predicted octanol–water partition coefficient (Wildman–Crippen LogP) is 4.01. The van der Waals surface area contributed by atoms with E-state index in [2.05, 4.69) is 40.3 Å². The molecule has 1 unspecified atom stereocenters. The van der Waals surface area contributed by atoms with Crippen LogP contribution in [0.5, 0.6) is 11.5 Å². The van der Waals surface area contributed by atoms with E-state index in [1.54, 1.807) is 13.2 Å². The topological polar surface area (TPSA) is 41.5 Å². The summed E-state index contributed by atoms with van der Waals surface area (Å²) in [5.74, 6) is 0.663. The molecule has 106 valence electrons. The molecule has 0 aliphatic carbocycles. The van der Waals surface area contributed by atoms with Gasteiger partial charge in [0.05, 0.1) is 7.11 Å². The lowest BCUT2D eigenvalue weighted by Crippen LogP contribution is -2.18. The number of ether oxygens (including phenoxy) is 1. The smallest absolute Gasteiger partial charge is 0.160 e. The van der Waals surface area contributed by atoms with Crippen molar-refractivity contribution < 1.29 is 9.84 Å². The van der Waals surface area contributed by atoms with Crippen molar-refractivity contribution in [3.05, 3.63) is 58.1 Å². The average molecular weight is 336 g/mol. The molecule has 0 fully saturated rings. The molecular formula is C16H18BrNO2. The Morgan fingerprint density at radius 3 is 2.75 bits per heavy atom. The zero-order valence-electron chi connectivity index (χ0n) is 11.6. The van der Waals surface area contributed by atoms with Gasteiger partial charge in [0.2, 0.25) is 0 Å². The van der Waals surface area contributed by atoms with Crippen LogP contribution in [0.15, 0.2) is 46.9 Å². The highest BCUT2D eigenvalue weighted by Gasteiger charge is 2.07. The molecule has 0 radical (unpaired) electrons. The van der Waals surface area contributed by atoms with Crippen LogP contribution >= 0.6 is 15.9 Å². The maximum Gasteiger partial charge on any atom is 0.160 e. The van der Waals surface area contributed by atoms with Crippen LogP contribution in [0, 0.1) is 0 Å². The van der Waals surface area contributed by atoms with Crippen molar-refractivity contribution in [3.63, 3.8) is 0 Å². The fourth-order valence-corrected chi connectivity index (χ4v) is 2.41. The van der Waals surface area contributed by atoms with Crippen molar-refractivity contribution >= 4 is 15.9 Å². The van der Waals surface area contributed by atoms with Crippen LogP contribution < -0.4 is 10.1 Å². The average Bonchev–Trinajstić information content (AvgIpc) is 2.46. The molecule has 2 aromatic rings. The van der Waals surface area contributed by atoms with E-state index in [0.717, 1.165) is 10.0 Å². The zero-order valence-corrected chi connectivity index (χ0v) is 13.1. The molecule has 1 atom stereocenters. The Hall–Kier alpha value is -1.52. The summed E-state index contributed by atoms with van der Waals surface area (Å²) in [4.78, 5) is 0. The number of rotatable bonds is 5. The summed E-state index contributed by atoms with van der Waals surface area (Å²) in [5.41, 5.74) is 2.30. The van der Waals surface area contributed by atoms with Crippen molar-refractivity contribution in [2.75, 3.05) is 7.11 Å². The Labute approximate surface area is 127 Å². The molecule has 0 aliphatic rings. The molecule has 0 spiro atoms. The minimum Gasteiger partial charge on any atom is -0.504 e. The van der Waals surface area contributed by atoms with Crippen molar-refractivity contribution in [2.45, 2.75) is 19.5 Å². The van der Waals surface area contributed by atoms with Gasteiger partial charge in [-0.1, -0.05) is 34.1 Å². The highest BCUT2D eigenvalue weighted by Crippen LogP contribution is 2.26. The van der Waals surface area contributed by atoms with E-state index in [1.807, 2.05) is 24.3 Å². The first-order valence-electron chi connectivity index (χ1n) is 6.45. The number of hydrogen-bond donors (Lipinski definition) is 2. The van der Waals surface area contributed by atoms with Gasteiger partial charge in [0.15, 0.2) is 11.5 Å². The second-order valence-corrected chi connectivity index (χ2v) is 5.58. The summed E-state index contributed by atoms with van der Waals surface area (Å²) in [6.45, 7) is 2.84. The second-order valence-electron chi connectivity index (χ2n) is 4.66. The lowest BCUT2D eigenvalue weighted by molar-refractivity contribution is 0.372. The van der Waals surface area contributed by atoms with Gasteiger partial charge in [-0.3, -0.25) is 0 Å². The third-order valence-electron chi connectivity index (χ3n) is 3.21. The van der Waals surface area contributed by atoms with Gasteiger partial charge in [0.25, 0.3) is 0 Å². The molecule has 20 heavy (non-hydrogen) atoms. The molecular weight excluding hydrogens is 318 g/mol. The molecule has 2 N–H and O–H groups in total. The first kappa shape index (κ1) is 14.9. The fourth-order valence-electron chi connectivity index (χ4n) is 2.00. The standard InChI is InChI=1S/C16H18BrNO2/c1-11(13-4-3-5-14(17)9-13)18-10-12-6-7-15(19)16(8-12)20-2/h3-9,11,18-19H,10H2,1-2H3. The van der Waals surface area contributed by atoms with E-state index in [4.69, 9.17) is 4.74 Å². The molecule has 4 heteroatoms. The highest BCUT2D eigenvalue weighted by molar-refractivity contribution is 9.10. The number of aromatic hydroxyl groups is 1. The van der Waals surface area contributed by atoms with Crippen LogP contribution in [0.25, 0.3) is 0 Å². The lowest BCUT2D eigenvalue weighted by atomic mass is 10.1. The molecule has 0 heterocycles. The largest absolute Gasteiger partial charge is 0.504 e. The third kappa shape index (κ3) is 3.74. The zero-order chi connectivity index (χ0) is 14.5. The van der Waals surface area contributed by atoms with Crippen LogP contribution in [0.3, 0.4) is 0 Å². The van der Waals surface area contributed by atoms with Crippen molar-refractivity contribution in [2.24, 2.45) is 0 Å². The number of phenols is 1. The van der Waals surface area contributed by atoms with Crippen LogP contribution in [-0.2, 0) is 6.54 Å². The molecule has 0 bridgehead atoms. The Morgan fingerprint density at radius 1 is 1.25 bits per heavy atom. The van der Waals surface area contributed by atoms with E-state index >= 15 is 0 Å². The quantitative estimate of drug-likeness (QED) is 0.867. The fraction of sp³-hybridized carbons (Fsp3) is 0.250. The molecule has 0 saturated heterocycles. The van der Waals surface area contributed by atoms with Gasteiger partial charge < -0.3 is 15.2 Å². The Kier molecular flexibility index (Phi) is 5.04. The maximum absolute atomic E-state index is 9.57. The first-order chi connectivity index (χ1) is 9.60. The van der Waals surface area contributed by atoms with Gasteiger partial charge in [0, 0.05) is 17.1 Å². The summed E-state index contributed by atoms with van der Waals surface area (Å²) in [6.07, 6.45) is 0. The minimum atomic E-state index is 0.163.